The Hall–Kier alpha value is -3.23. The first-order chi connectivity index (χ1) is 13.1. The molecule has 0 aliphatic carbocycles. The molecule has 0 unspecified atom stereocenters. The van der Waals surface area contributed by atoms with E-state index in [-0.39, 0.29) is 18.2 Å². The van der Waals surface area contributed by atoms with Gasteiger partial charge in [0.05, 0.1) is 6.61 Å². The van der Waals surface area contributed by atoms with E-state index in [9.17, 15) is 4.79 Å². The highest BCUT2D eigenvalue weighted by molar-refractivity contribution is 6.30. The molecule has 0 spiro atoms. The average molecular weight is 382 g/mol. The van der Waals surface area contributed by atoms with Gasteiger partial charge in [0.15, 0.2) is 17.2 Å². The van der Waals surface area contributed by atoms with Gasteiger partial charge < -0.3 is 14.2 Å². The molecular weight excluding hydrogens is 366 g/mol. The molecular formula is C21H16ClNO4. The lowest BCUT2D eigenvalue weighted by Crippen LogP contribution is -2.05. The number of esters is 1. The fourth-order valence-electron chi connectivity index (χ4n) is 2.40. The lowest BCUT2D eigenvalue weighted by atomic mass is 10.1. The van der Waals surface area contributed by atoms with Gasteiger partial charge >= 0.3 is 5.97 Å². The molecule has 1 aliphatic rings. The number of hydrogen-bond donors (Lipinski definition) is 0. The number of halogens is 1. The maximum Gasteiger partial charge on any atom is 0.363 e. The normalized spacial score (nSPS) is 14.5. The van der Waals surface area contributed by atoms with E-state index in [0.717, 1.165) is 5.56 Å². The molecule has 3 rings (SSSR count). The third-order valence-corrected chi connectivity index (χ3v) is 3.85. The first kappa shape index (κ1) is 18.6. The van der Waals surface area contributed by atoms with Gasteiger partial charge in [-0.2, -0.15) is 0 Å². The highest BCUT2D eigenvalue weighted by atomic mass is 35.5. The molecule has 27 heavy (non-hydrogen) atoms. The van der Waals surface area contributed by atoms with Gasteiger partial charge in [0.2, 0.25) is 5.90 Å². The van der Waals surface area contributed by atoms with E-state index < -0.39 is 5.97 Å². The van der Waals surface area contributed by atoms with Crippen molar-refractivity contribution in [2.75, 3.05) is 13.2 Å². The molecule has 136 valence electrons. The number of benzene rings is 2. The number of carbonyl (C=O) groups is 1. The molecule has 0 N–H and O–H groups in total. The Labute approximate surface area is 162 Å². The van der Waals surface area contributed by atoms with E-state index in [1.54, 1.807) is 48.5 Å². The minimum atomic E-state index is -0.523. The van der Waals surface area contributed by atoms with Crippen molar-refractivity contribution in [2.24, 2.45) is 4.99 Å². The van der Waals surface area contributed by atoms with E-state index in [0.29, 0.717) is 28.7 Å². The van der Waals surface area contributed by atoms with Crippen molar-refractivity contribution in [2.45, 2.75) is 6.92 Å². The zero-order valence-electron chi connectivity index (χ0n) is 14.6. The van der Waals surface area contributed by atoms with Crippen LogP contribution in [0.5, 0.6) is 11.5 Å². The van der Waals surface area contributed by atoms with Crippen molar-refractivity contribution in [3.8, 4) is 23.8 Å². The van der Waals surface area contributed by atoms with E-state index >= 15 is 0 Å². The number of aliphatic imine (C=N–C) groups is 1. The smallest absolute Gasteiger partial charge is 0.363 e. The van der Waals surface area contributed by atoms with E-state index in [2.05, 4.69) is 10.9 Å². The summed E-state index contributed by atoms with van der Waals surface area (Å²) in [5.74, 6) is 3.20. The molecule has 6 heteroatoms. The zero-order chi connectivity index (χ0) is 19.2. The summed E-state index contributed by atoms with van der Waals surface area (Å²) in [6.07, 6.45) is 6.85. The lowest BCUT2D eigenvalue weighted by molar-refractivity contribution is -0.129. The molecule has 0 bridgehead atoms. The number of nitrogens with zero attached hydrogens (tertiary/aromatic N) is 1. The van der Waals surface area contributed by atoms with Crippen LogP contribution in [0.25, 0.3) is 6.08 Å². The number of terminal acetylenes is 1. The van der Waals surface area contributed by atoms with E-state index in [1.165, 1.54) is 0 Å². The Morgan fingerprint density at radius 1 is 1.19 bits per heavy atom. The van der Waals surface area contributed by atoms with Crippen LogP contribution in [0.15, 0.2) is 53.2 Å². The van der Waals surface area contributed by atoms with Crippen molar-refractivity contribution < 1.29 is 19.0 Å². The fraction of sp³-hybridized carbons (Fsp3) is 0.143. The van der Waals surface area contributed by atoms with E-state index in [4.69, 9.17) is 32.2 Å². The highest BCUT2D eigenvalue weighted by Gasteiger charge is 2.24. The zero-order valence-corrected chi connectivity index (χ0v) is 15.3. The maximum absolute atomic E-state index is 12.1. The van der Waals surface area contributed by atoms with Crippen LogP contribution >= 0.6 is 11.6 Å². The first-order valence-electron chi connectivity index (χ1n) is 8.22. The van der Waals surface area contributed by atoms with Crippen LogP contribution in [0.2, 0.25) is 5.02 Å². The van der Waals surface area contributed by atoms with Crippen LogP contribution < -0.4 is 9.47 Å². The molecule has 0 amide bonds. The Bertz CT molecular complexity index is 955. The van der Waals surface area contributed by atoms with E-state index in [1.807, 2.05) is 6.92 Å². The topological polar surface area (TPSA) is 57.1 Å². The second kappa shape index (κ2) is 8.43. The lowest BCUT2D eigenvalue weighted by Gasteiger charge is -2.10. The van der Waals surface area contributed by atoms with Crippen molar-refractivity contribution in [3.63, 3.8) is 0 Å². The van der Waals surface area contributed by atoms with Crippen molar-refractivity contribution >= 4 is 29.5 Å². The van der Waals surface area contributed by atoms with Crippen LogP contribution in [-0.4, -0.2) is 25.1 Å². The minimum Gasteiger partial charge on any atom is -0.490 e. The molecule has 1 heterocycles. The fourth-order valence-corrected chi connectivity index (χ4v) is 2.53. The summed E-state index contributed by atoms with van der Waals surface area (Å²) in [5.41, 5.74) is 1.59. The summed E-state index contributed by atoms with van der Waals surface area (Å²) in [4.78, 5) is 16.4. The summed E-state index contributed by atoms with van der Waals surface area (Å²) in [6, 6.07) is 12.2. The number of rotatable bonds is 6. The molecule has 0 saturated carbocycles. The Kier molecular flexibility index (Phi) is 5.80. The van der Waals surface area contributed by atoms with Gasteiger partial charge in [-0.25, -0.2) is 9.79 Å². The molecule has 0 radical (unpaired) electrons. The minimum absolute atomic E-state index is 0.140. The average Bonchev–Trinajstić information content (AvgIpc) is 3.02. The molecule has 1 aliphatic heterocycles. The van der Waals surface area contributed by atoms with Gasteiger partial charge in [0.25, 0.3) is 0 Å². The van der Waals surface area contributed by atoms with Crippen LogP contribution in [-0.2, 0) is 9.53 Å². The summed E-state index contributed by atoms with van der Waals surface area (Å²) in [6.45, 7) is 2.47. The maximum atomic E-state index is 12.1. The number of cyclic esters (lactones) is 1. The molecule has 0 fully saturated rings. The van der Waals surface area contributed by atoms with Crippen molar-refractivity contribution in [3.05, 3.63) is 64.3 Å². The standard InChI is InChI=1S/C21H16ClNO4/c1-3-11-26-18-10-5-14(13-19(18)25-4-2)12-17-21(24)27-20(23-17)15-6-8-16(22)9-7-15/h1,5-10,12-13H,4,11H2,2H3. The molecule has 0 aromatic heterocycles. The van der Waals surface area contributed by atoms with Crippen LogP contribution in [0.1, 0.15) is 18.1 Å². The Morgan fingerprint density at radius 3 is 2.67 bits per heavy atom. The van der Waals surface area contributed by atoms with Gasteiger partial charge in [0, 0.05) is 10.6 Å². The summed E-state index contributed by atoms with van der Waals surface area (Å²) < 4.78 is 16.3. The molecule has 0 saturated heterocycles. The number of carbonyl (C=O) groups excluding carboxylic acids is 1. The van der Waals surface area contributed by atoms with Crippen molar-refractivity contribution in [1.29, 1.82) is 0 Å². The molecule has 0 atom stereocenters. The summed E-state index contributed by atoms with van der Waals surface area (Å²) in [5, 5.41) is 0.593. The third-order valence-electron chi connectivity index (χ3n) is 3.59. The predicted molar refractivity (Wildman–Crippen MR) is 104 cm³/mol. The van der Waals surface area contributed by atoms with Crippen molar-refractivity contribution in [1.82, 2.24) is 0 Å². The third kappa shape index (κ3) is 4.49. The molecule has 5 nitrogen and oxygen atoms in total. The number of ether oxygens (including phenoxy) is 3. The van der Waals surface area contributed by atoms with Gasteiger partial charge in [0.1, 0.15) is 6.61 Å². The second-order valence-corrected chi connectivity index (χ2v) is 5.91. The Morgan fingerprint density at radius 2 is 1.96 bits per heavy atom. The van der Waals surface area contributed by atoms with Gasteiger partial charge in [-0.3, -0.25) is 0 Å². The van der Waals surface area contributed by atoms with Gasteiger partial charge in [-0.1, -0.05) is 23.6 Å². The largest absolute Gasteiger partial charge is 0.490 e. The molecule has 2 aromatic rings. The van der Waals surface area contributed by atoms with Crippen LogP contribution in [0.3, 0.4) is 0 Å². The van der Waals surface area contributed by atoms with Gasteiger partial charge in [-0.15, -0.1) is 6.42 Å². The summed E-state index contributed by atoms with van der Waals surface area (Å²) in [7, 11) is 0. The Balaban J connectivity index is 1.88. The second-order valence-electron chi connectivity index (χ2n) is 5.47. The number of hydrogen-bond acceptors (Lipinski definition) is 5. The first-order valence-corrected chi connectivity index (χ1v) is 8.60. The molecule has 2 aromatic carbocycles. The van der Waals surface area contributed by atoms with Gasteiger partial charge in [-0.05, 0) is 55.0 Å². The quantitative estimate of drug-likeness (QED) is 0.429. The monoisotopic (exact) mass is 381 g/mol. The predicted octanol–water partition coefficient (Wildman–Crippen LogP) is 4.10. The SMILES string of the molecule is C#CCOc1ccc(C=C2N=C(c3ccc(Cl)cc3)OC2=O)cc1OCC. The highest BCUT2D eigenvalue weighted by Crippen LogP contribution is 2.30. The van der Waals surface area contributed by atoms with Crippen LogP contribution in [0, 0.1) is 12.3 Å². The van der Waals surface area contributed by atoms with Crippen LogP contribution in [0.4, 0.5) is 0 Å². The summed E-state index contributed by atoms with van der Waals surface area (Å²) >= 11 is 5.88.